The third-order valence-electron chi connectivity index (χ3n) is 7.23. The standard InChI is InChI=1S/C20H25NO4S.C13H19NO4S/c1-3-11-21(13-16-7-5-4-6-8-16)14-20-24-15-17-9-10-18(26(2,22)23)12-19(17)25-20;1-3-6-14-8-13-17-9-10-4-5-11(19(2,15)16)7-12(10)18-13/h4-10,12,20H,3,11,13-15H2,1-2H3;4-5,7,13-14H,3,6,8-9H2,1-2H3. The lowest BCUT2D eigenvalue weighted by Crippen LogP contribution is -2.39. The van der Waals surface area contributed by atoms with Gasteiger partial charge in [0.15, 0.2) is 19.7 Å². The Morgan fingerprint density at radius 2 is 1.31 bits per heavy atom. The second-order valence-electron chi connectivity index (χ2n) is 11.2. The van der Waals surface area contributed by atoms with Crippen molar-refractivity contribution in [1.82, 2.24) is 10.2 Å². The summed E-state index contributed by atoms with van der Waals surface area (Å²) in [4.78, 5) is 2.84. The lowest BCUT2D eigenvalue weighted by atomic mass is 10.2. The van der Waals surface area contributed by atoms with Crippen LogP contribution < -0.4 is 14.8 Å². The van der Waals surface area contributed by atoms with E-state index < -0.39 is 26.0 Å². The highest BCUT2D eigenvalue weighted by Crippen LogP contribution is 2.30. The first-order chi connectivity index (χ1) is 21.5. The number of fused-ring (bicyclic) bond motifs is 2. The normalized spacial score (nSPS) is 17.7. The van der Waals surface area contributed by atoms with Crippen LogP contribution in [0.3, 0.4) is 0 Å². The topological polar surface area (TPSA) is 120 Å². The molecule has 1 N–H and O–H groups in total. The molecule has 0 aliphatic carbocycles. The lowest BCUT2D eigenvalue weighted by molar-refractivity contribution is -0.121. The number of nitrogens with one attached hydrogen (secondary N) is 1. The zero-order chi connectivity index (χ0) is 32.5. The molecule has 0 spiro atoms. The third kappa shape index (κ3) is 10.5. The van der Waals surface area contributed by atoms with Crippen LogP contribution in [0.25, 0.3) is 0 Å². The number of hydrogen-bond acceptors (Lipinski definition) is 10. The Balaban J connectivity index is 0.000000215. The van der Waals surface area contributed by atoms with Crippen molar-refractivity contribution < 1.29 is 35.8 Å². The molecule has 3 aromatic rings. The largest absolute Gasteiger partial charge is 0.463 e. The zero-order valence-electron chi connectivity index (χ0n) is 26.4. The Kier molecular flexibility index (Phi) is 12.4. The molecule has 2 atom stereocenters. The number of benzene rings is 3. The van der Waals surface area contributed by atoms with Gasteiger partial charge < -0.3 is 24.3 Å². The molecule has 2 aliphatic rings. The van der Waals surface area contributed by atoms with Crippen molar-refractivity contribution in [2.45, 2.75) is 68.8 Å². The van der Waals surface area contributed by atoms with Crippen LogP contribution in [0.1, 0.15) is 43.4 Å². The smallest absolute Gasteiger partial charge is 0.213 e. The van der Waals surface area contributed by atoms with E-state index >= 15 is 0 Å². The number of nitrogens with zero attached hydrogens (tertiary/aromatic N) is 1. The van der Waals surface area contributed by atoms with Crippen LogP contribution in [0.2, 0.25) is 0 Å². The van der Waals surface area contributed by atoms with Gasteiger partial charge in [-0.3, -0.25) is 4.90 Å². The summed E-state index contributed by atoms with van der Waals surface area (Å²) in [7, 11) is -6.47. The zero-order valence-corrected chi connectivity index (χ0v) is 28.0. The molecule has 0 saturated carbocycles. The van der Waals surface area contributed by atoms with Crippen LogP contribution in [0, 0.1) is 0 Å². The van der Waals surface area contributed by atoms with E-state index in [0.717, 1.165) is 43.6 Å². The third-order valence-corrected chi connectivity index (χ3v) is 9.45. The van der Waals surface area contributed by atoms with Crippen molar-refractivity contribution >= 4 is 19.7 Å². The highest BCUT2D eigenvalue weighted by Gasteiger charge is 2.25. The Morgan fingerprint density at radius 1 is 0.756 bits per heavy atom. The van der Waals surface area contributed by atoms with Crippen molar-refractivity contribution in [2.75, 3.05) is 38.7 Å². The first-order valence-electron chi connectivity index (χ1n) is 15.2. The van der Waals surface area contributed by atoms with Gasteiger partial charge in [0.1, 0.15) is 11.5 Å². The number of hydrogen-bond donors (Lipinski definition) is 1. The minimum Gasteiger partial charge on any atom is -0.463 e. The average Bonchev–Trinajstić information content (AvgIpc) is 3.00. The first kappa shape index (κ1) is 34.9. The van der Waals surface area contributed by atoms with E-state index in [2.05, 4.69) is 36.2 Å². The van der Waals surface area contributed by atoms with Crippen LogP contribution in [0.5, 0.6) is 11.5 Å². The fraction of sp³-hybridized carbons (Fsp3) is 0.455. The van der Waals surface area contributed by atoms with E-state index in [1.807, 2.05) is 18.2 Å². The molecule has 0 radical (unpaired) electrons. The highest BCUT2D eigenvalue weighted by atomic mass is 32.2. The molecule has 2 unspecified atom stereocenters. The van der Waals surface area contributed by atoms with Gasteiger partial charge in [0.2, 0.25) is 12.6 Å². The van der Waals surface area contributed by atoms with Crippen molar-refractivity contribution in [3.63, 3.8) is 0 Å². The summed E-state index contributed by atoms with van der Waals surface area (Å²) in [6.45, 7) is 8.99. The number of ether oxygens (including phenoxy) is 4. The van der Waals surface area contributed by atoms with E-state index in [1.54, 1.807) is 36.4 Å². The van der Waals surface area contributed by atoms with Crippen molar-refractivity contribution in [1.29, 1.82) is 0 Å². The van der Waals surface area contributed by atoms with Crippen molar-refractivity contribution in [3.05, 3.63) is 83.4 Å². The summed E-state index contributed by atoms with van der Waals surface area (Å²) in [6.07, 6.45) is 3.69. The fourth-order valence-corrected chi connectivity index (χ4v) is 6.17. The van der Waals surface area contributed by atoms with E-state index in [9.17, 15) is 16.8 Å². The molecule has 0 bridgehead atoms. The molecule has 5 rings (SSSR count). The molecule has 10 nitrogen and oxygen atoms in total. The van der Waals surface area contributed by atoms with E-state index in [0.29, 0.717) is 37.8 Å². The number of rotatable bonds is 12. The van der Waals surface area contributed by atoms with Gasteiger partial charge in [-0.1, -0.05) is 56.3 Å². The van der Waals surface area contributed by atoms with E-state index in [1.165, 1.54) is 18.1 Å². The van der Waals surface area contributed by atoms with Crippen molar-refractivity contribution in [2.24, 2.45) is 0 Å². The minimum atomic E-state index is -3.26. The molecule has 0 saturated heterocycles. The van der Waals surface area contributed by atoms with Crippen LogP contribution in [0.15, 0.2) is 76.5 Å². The predicted octanol–water partition coefficient (Wildman–Crippen LogP) is 4.56. The number of sulfone groups is 2. The molecule has 12 heteroatoms. The minimum absolute atomic E-state index is 0.270. The molecule has 246 valence electrons. The molecular weight excluding hydrogens is 617 g/mol. The first-order valence-corrected chi connectivity index (χ1v) is 18.9. The van der Waals surface area contributed by atoms with Gasteiger partial charge in [-0.15, -0.1) is 0 Å². The second-order valence-corrected chi connectivity index (χ2v) is 15.3. The van der Waals surface area contributed by atoms with E-state index in [-0.39, 0.29) is 16.1 Å². The fourth-order valence-electron chi connectivity index (χ4n) is 4.90. The molecule has 0 amide bonds. The van der Waals surface area contributed by atoms with Gasteiger partial charge in [-0.25, -0.2) is 16.8 Å². The lowest BCUT2D eigenvalue weighted by Gasteiger charge is -2.31. The maximum Gasteiger partial charge on any atom is 0.213 e. The van der Waals surface area contributed by atoms with Crippen LogP contribution >= 0.6 is 0 Å². The summed E-state index contributed by atoms with van der Waals surface area (Å²) in [6, 6.07) is 20.1. The van der Waals surface area contributed by atoms with Crippen LogP contribution in [-0.4, -0.2) is 73.0 Å². The van der Waals surface area contributed by atoms with Gasteiger partial charge in [0, 0.05) is 30.2 Å². The second kappa shape index (κ2) is 16.0. The quantitative estimate of drug-likeness (QED) is 0.277. The average molecular weight is 661 g/mol. The predicted molar refractivity (Wildman–Crippen MR) is 173 cm³/mol. The van der Waals surface area contributed by atoms with Gasteiger partial charge in [-0.2, -0.15) is 0 Å². The summed E-state index contributed by atoms with van der Waals surface area (Å²) in [5.74, 6) is 1.19. The Labute approximate surface area is 267 Å². The van der Waals surface area contributed by atoms with Gasteiger partial charge in [0.25, 0.3) is 0 Å². The monoisotopic (exact) mass is 660 g/mol. The molecule has 2 aliphatic heterocycles. The molecule has 0 fully saturated rings. The van der Waals surface area contributed by atoms with Crippen LogP contribution in [0.4, 0.5) is 0 Å². The van der Waals surface area contributed by atoms with E-state index in [4.69, 9.17) is 18.9 Å². The molecule has 0 aromatic heterocycles. The summed E-state index contributed by atoms with van der Waals surface area (Å²) >= 11 is 0. The Hall–Kier alpha value is -3.00. The summed E-state index contributed by atoms with van der Waals surface area (Å²) in [5, 5.41) is 3.21. The maximum atomic E-state index is 11.8. The molecule has 3 aromatic carbocycles. The van der Waals surface area contributed by atoms with Crippen LogP contribution in [-0.2, 0) is 48.9 Å². The van der Waals surface area contributed by atoms with Crippen molar-refractivity contribution in [3.8, 4) is 11.5 Å². The Morgan fingerprint density at radius 3 is 1.84 bits per heavy atom. The van der Waals surface area contributed by atoms with Gasteiger partial charge >= 0.3 is 0 Å². The summed E-state index contributed by atoms with van der Waals surface area (Å²) in [5.41, 5.74) is 2.99. The molecule has 45 heavy (non-hydrogen) atoms. The van der Waals surface area contributed by atoms with Gasteiger partial charge in [-0.05, 0) is 55.8 Å². The SMILES string of the molecule is CCCN(Cc1ccccc1)CC1OCc2ccc(S(C)(=O)=O)cc2O1.CCCNCC1OCc2ccc(S(C)(=O)=O)cc2O1. The highest BCUT2D eigenvalue weighted by molar-refractivity contribution is 7.91. The molecular formula is C33H44N2O8S2. The maximum absolute atomic E-state index is 11.8. The Bertz CT molecular complexity index is 1610. The molecule has 2 heterocycles. The summed E-state index contributed by atoms with van der Waals surface area (Å²) < 4.78 is 69.6. The van der Waals surface area contributed by atoms with Gasteiger partial charge in [0.05, 0.1) is 36.1 Å².